The van der Waals surface area contributed by atoms with Crippen molar-refractivity contribution >= 4 is 15.7 Å². The molecule has 0 fully saturated rings. The van der Waals surface area contributed by atoms with E-state index in [4.69, 9.17) is 9.84 Å². The molecule has 1 unspecified atom stereocenters. The molecule has 0 spiro atoms. The first-order valence-corrected chi connectivity index (χ1v) is 6.66. The number of sulfonamides is 1. The molecule has 0 aliphatic carbocycles. The zero-order valence-corrected chi connectivity index (χ0v) is 10.9. The van der Waals surface area contributed by atoms with Crippen LogP contribution in [0.25, 0.3) is 0 Å². The van der Waals surface area contributed by atoms with Gasteiger partial charge in [-0.15, -0.1) is 0 Å². The molecule has 0 radical (unpaired) electrons. The van der Waals surface area contributed by atoms with Gasteiger partial charge >= 0.3 is 0 Å². The van der Waals surface area contributed by atoms with E-state index in [0.29, 0.717) is 11.4 Å². The Morgan fingerprint density at radius 1 is 1.35 bits per heavy atom. The van der Waals surface area contributed by atoms with Crippen molar-refractivity contribution in [1.82, 2.24) is 0 Å². The van der Waals surface area contributed by atoms with E-state index >= 15 is 0 Å². The lowest BCUT2D eigenvalue weighted by Crippen LogP contribution is -2.36. The summed E-state index contributed by atoms with van der Waals surface area (Å²) in [6.45, 7) is 1.07. The summed E-state index contributed by atoms with van der Waals surface area (Å²) < 4.78 is 30.1. The summed E-state index contributed by atoms with van der Waals surface area (Å²) >= 11 is 0. The molecule has 1 aromatic carbocycles. The van der Waals surface area contributed by atoms with Gasteiger partial charge in [0.2, 0.25) is 10.0 Å². The Hall–Kier alpha value is -1.27. The molecule has 6 heteroatoms. The maximum absolute atomic E-state index is 12.0. The van der Waals surface area contributed by atoms with Crippen molar-refractivity contribution < 1.29 is 18.3 Å². The van der Waals surface area contributed by atoms with E-state index in [1.165, 1.54) is 14.0 Å². The van der Waals surface area contributed by atoms with Crippen LogP contribution in [0.5, 0.6) is 5.75 Å². The highest BCUT2D eigenvalue weighted by Crippen LogP contribution is 2.21. The summed E-state index contributed by atoms with van der Waals surface area (Å²) in [7, 11) is -0.513. The van der Waals surface area contributed by atoms with E-state index in [-0.39, 0.29) is 0 Å². The second kappa shape index (κ2) is 5.37. The lowest BCUT2D eigenvalue weighted by molar-refractivity contribution is 0.295. The molecule has 5 nitrogen and oxygen atoms in total. The summed E-state index contributed by atoms with van der Waals surface area (Å²) in [6, 6.07) is 6.68. The number of benzene rings is 1. The van der Waals surface area contributed by atoms with Crippen LogP contribution in [0.15, 0.2) is 24.3 Å². The van der Waals surface area contributed by atoms with Crippen LogP contribution in [0.2, 0.25) is 0 Å². The van der Waals surface area contributed by atoms with Crippen molar-refractivity contribution in [2.75, 3.05) is 25.1 Å². The highest BCUT2D eigenvalue weighted by Gasteiger charge is 2.25. The summed E-state index contributed by atoms with van der Waals surface area (Å²) in [5.41, 5.74) is 0.533. The first kappa shape index (κ1) is 13.8. The minimum absolute atomic E-state index is 0.400. The van der Waals surface area contributed by atoms with Gasteiger partial charge in [-0.3, -0.25) is 4.31 Å². The molecule has 1 atom stereocenters. The molecule has 1 N–H and O–H groups in total. The molecule has 0 saturated heterocycles. The molecular formula is C11H17NO4S. The second-order valence-corrected chi connectivity index (χ2v) is 6.09. The number of methoxy groups -OCH3 is 1. The molecule has 0 amide bonds. The van der Waals surface area contributed by atoms with Gasteiger partial charge in [0.25, 0.3) is 0 Å². The van der Waals surface area contributed by atoms with E-state index in [2.05, 4.69) is 0 Å². The maximum Gasteiger partial charge on any atom is 0.239 e. The fourth-order valence-electron chi connectivity index (χ4n) is 1.30. The molecule has 0 aromatic heterocycles. The highest BCUT2D eigenvalue weighted by atomic mass is 32.2. The average molecular weight is 259 g/mol. The molecule has 1 rings (SSSR count). The Kier molecular flexibility index (Phi) is 4.36. The maximum atomic E-state index is 12.0. The molecule has 0 saturated carbocycles. The Balaban J connectivity index is 2.99. The molecule has 0 bridgehead atoms. The van der Waals surface area contributed by atoms with Crippen molar-refractivity contribution in [2.45, 2.75) is 12.2 Å². The lowest BCUT2D eigenvalue weighted by atomic mass is 10.3. The molecule has 96 valence electrons. The summed E-state index contributed by atoms with van der Waals surface area (Å²) in [4.78, 5) is 0. The van der Waals surface area contributed by atoms with Gasteiger partial charge in [0.05, 0.1) is 19.4 Å². The number of aliphatic hydroxyl groups is 1. The monoisotopic (exact) mass is 259 g/mol. The molecule has 17 heavy (non-hydrogen) atoms. The van der Waals surface area contributed by atoms with E-state index in [9.17, 15) is 8.42 Å². The standard InChI is InChI=1S/C11H17NO4S/c1-9(8-13)17(14,15)12(2)10-4-6-11(16-3)7-5-10/h4-7,9,13H,8H2,1-3H3. The van der Waals surface area contributed by atoms with Crippen LogP contribution in [0.4, 0.5) is 5.69 Å². The third-order valence-electron chi connectivity index (χ3n) is 2.58. The fraction of sp³-hybridized carbons (Fsp3) is 0.455. The van der Waals surface area contributed by atoms with E-state index in [1.807, 2.05) is 0 Å². The van der Waals surface area contributed by atoms with Gasteiger partial charge < -0.3 is 9.84 Å². The van der Waals surface area contributed by atoms with Gasteiger partial charge in [0.1, 0.15) is 11.0 Å². The van der Waals surface area contributed by atoms with Crippen LogP contribution >= 0.6 is 0 Å². The summed E-state index contributed by atoms with van der Waals surface area (Å²) in [6.07, 6.45) is 0. The first-order valence-electron chi connectivity index (χ1n) is 5.16. The fourth-order valence-corrected chi connectivity index (χ4v) is 2.45. The van der Waals surface area contributed by atoms with Gasteiger partial charge in [-0.25, -0.2) is 8.42 Å². The Morgan fingerprint density at radius 2 is 1.88 bits per heavy atom. The Labute approximate surface area is 102 Å². The zero-order chi connectivity index (χ0) is 13.1. The van der Waals surface area contributed by atoms with Crippen LogP contribution in [-0.4, -0.2) is 39.5 Å². The highest BCUT2D eigenvalue weighted by molar-refractivity contribution is 7.93. The van der Waals surface area contributed by atoms with E-state index < -0.39 is 21.9 Å². The number of aliphatic hydroxyl groups excluding tert-OH is 1. The topological polar surface area (TPSA) is 66.8 Å². The van der Waals surface area contributed by atoms with Gasteiger partial charge in [0, 0.05) is 7.05 Å². The second-order valence-electron chi connectivity index (χ2n) is 3.70. The van der Waals surface area contributed by atoms with Gasteiger partial charge in [0.15, 0.2) is 0 Å². The minimum atomic E-state index is -3.52. The van der Waals surface area contributed by atoms with Crippen molar-refractivity contribution in [3.05, 3.63) is 24.3 Å². The minimum Gasteiger partial charge on any atom is -0.497 e. The third kappa shape index (κ3) is 2.89. The zero-order valence-electron chi connectivity index (χ0n) is 10.1. The Bertz CT molecular complexity index is 455. The Morgan fingerprint density at radius 3 is 2.29 bits per heavy atom. The number of nitrogens with zero attached hydrogens (tertiary/aromatic N) is 1. The number of hydrogen-bond acceptors (Lipinski definition) is 4. The van der Waals surface area contributed by atoms with Crippen LogP contribution in [0, 0.1) is 0 Å². The lowest BCUT2D eigenvalue weighted by Gasteiger charge is -2.22. The molecule has 0 aliphatic heterocycles. The van der Waals surface area contributed by atoms with E-state index in [0.717, 1.165) is 4.31 Å². The predicted octanol–water partition coefficient (Wildman–Crippen LogP) is 0.842. The van der Waals surface area contributed by atoms with Crippen LogP contribution in [0.3, 0.4) is 0 Å². The molecule has 1 aromatic rings. The SMILES string of the molecule is COc1ccc(N(C)S(=O)(=O)C(C)CO)cc1. The quantitative estimate of drug-likeness (QED) is 0.851. The van der Waals surface area contributed by atoms with Gasteiger partial charge in [-0.05, 0) is 31.2 Å². The third-order valence-corrected chi connectivity index (χ3v) is 4.72. The molecule has 0 aliphatic rings. The predicted molar refractivity (Wildman–Crippen MR) is 66.9 cm³/mol. The largest absolute Gasteiger partial charge is 0.497 e. The van der Waals surface area contributed by atoms with Gasteiger partial charge in [-0.1, -0.05) is 0 Å². The van der Waals surface area contributed by atoms with E-state index in [1.54, 1.807) is 31.4 Å². The molecule has 0 heterocycles. The van der Waals surface area contributed by atoms with Gasteiger partial charge in [-0.2, -0.15) is 0 Å². The number of hydrogen-bond donors (Lipinski definition) is 1. The summed E-state index contributed by atoms with van der Waals surface area (Å²) in [5.74, 6) is 0.662. The van der Waals surface area contributed by atoms with Crippen molar-refractivity contribution in [3.63, 3.8) is 0 Å². The van der Waals surface area contributed by atoms with Crippen molar-refractivity contribution in [3.8, 4) is 5.75 Å². The summed E-state index contributed by atoms with van der Waals surface area (Å²) in [5, 5.41) is 8.10. The number of ether oxygens (including phenoxy) is 1. The number of anilines is 1. The number of rotatable bonds is 5. The van der Waals surface area contributed by atoms with Crippen LogP contribution < -0.4 is 9.04 Å². The van der Waals surface area contributed by atoms with Crippen molar-refractivity contribution in [2.24, 2.45) is 0 Å². The normalized spacial score (nSPS) is 13.2. The van der Waals surface area contributed by atoms with Crippen LogP contribution in [0.1, 0.15) is 6.92 Å². The first-order chi connectivity index (χ1) is 7.93. The van der Waals surface area contributed by atoms with Crippen LogP contribution in [-0.2, 0) is 10.0 Å². The molecular weight excluding hydrogens is 242 g/mol. The van der Waals surface area contributed by atoms with Crippen molar-refractivity contribution in [1.29, 1.82) is 0 Å². The smallest absolute Gasteiger partial charge is 0.239 e. The average Bonchev–Trinajstić information content (AvgIpc) is 2.36.